The number of sulfonamides is 1. The number of aromatic amines is 1. The largest absolute Gasteiger partial charge is 0.317 e. The summed E-state index contributed by atoms with van der Waals surface area (Å²) in [4.78, 5) is 0.236. The van der Waals surface area contributed by atoms with E-state index in [1.54, 1.807) is 6.92 Å². The number of piperidine rings is 1. The van der Waals surface area contributed by atoms with Gasteiger partial charge in [0, 0.05) is 6.54 Å². The molecule has 0 saturated carbocycles. The lowest BCUT2D eigenvalue weighted by atomic mass is 9.81. The molecule has 0 spiro atoms. The molecule has 0 unspecified atom stereocenters. The second-order valence-corrected chi connectivity index (χ2v) is 6.98. The molecule has 3 N–H and O–H groups in total. The van der Waals surface area contributed by atoms with Crippen LogP contribution in [0.3, 0.4) is 0 Å². The molecule has 1 aromatic rings. The number of aryl methyl sites for hydroxylation is 1. The van der Waals surface area contributed by atoms with E-state index in [2.05, 4.69) is 27.2 Å². The molecule has 2 rings (SSSR count). The molecule has 0 bridgehead atoms. The molecule has 0 radical (unpaired) electrons. The molecule has 7 heteroatoms. The van der Waals surface area contributed by atoms with E-state index in [1.807, 2.05) is 0 Å². The molecule has 0 aromatic carbocycles. The van der Waals surface area contributed by atoms with Crippen LogP contribution in [0, 0.1) is 12.3 Å². The standard InChI is InChI=1S/C11H20N4O2S/c1-9-10(7-13-15-9)18(16,17)14-8-11(2)3-5-12-6-4-11/h7,12,14H,3-6,8H2,1-2H3,(H,13,15). The molecular formula is C11H20N4O2S. The Hall–Kier alpha value is -0.920. The third-order valence-electron chi connectivity index (χ3n) is 3.57. The first-order valence-electron chi connectivity index (χ1n) is 6.13. The van der Waals surface area contributed by atoms with Gasteiger partial charge in [-0.25, -0.2) is 13.1 Å². The second kappa shape index (κ2) is 4.99. The number of rotatable bonds is 4. The van der Waals surface area contributed by atoms with E-state index < -0.39 is 10.0 Å². The van der Waals surface area contributed by atoms with Crippen molar-refractivity contribution in [2.24, 2.45) is 5.41 Å². The molecule has 0 aliphatic carbocycles. The van der Waals surface area contributed by atoms with Crippen LogP contribution >= 0.6 is 0 Å². The van der Waals surface area contributed by atoms with Crippen molar-refractivity contribution >= 4 is 10.0 Å². The third kappa shape index (κ3) is 2.90. The second-order valence-electron chi connectivity index (χ2n) is 5.24. The average molecular weight is 272 g/mol. The Morgan fingerprint density at radius 2 is 2.11 bits per heavy atom. The lowest BCUT2D eigenvalue weighted by Crippen LogP contribution is -2.42. The van der Waals surface area contributed by atoms with Gasteiger partial charge >= 0.3 is 0 Å². The molecule has 1 aromatic heterocycles. The topological polar surface area (TPSA) is 86.9 Å². The summed E-state index contributed by atoms with van der Waals surface area (Å²) >= 11 is 0. The third-order valence-corrected chi connectivity index (χ3v) is 5.09. The molecule has 0 amide bonds. The normalized spacial score (nSPS) is 19.9. The van der Waals surface area contributed by atoms with E-state index >= 15 is 0 Å². The molecule has 6 nitrogen and oxygen atoms in total. The Morgan fingerprint density at radius 3 is 2.67 bits per heavy atom. The van der Waals surface area contributed by atoms with Crippen LogP contribution in [0.2, 0.25) is 0 Å². The fourth-order valence-electron chi connectivity index (χ4n) is 2.16. The molecule has 1 aliphatic rings. The summed E-state index contributed by atoms with van der Waals surface area (Å²) in [6, 6.07) is 0. The Bertz CT molecular complexity index is 503. The lowest BCUT2D eigenvalue weighted by molar-refractivity contribution is 0.232. The molecule has 1 aliphatic heterocycles. The van der Waals surface area contributed by atoms with Gasteiger partial charge in [0.1, 0.15) is 4.90 Å². The molecule has 2 heterocycles. The summed E-state index contributed by atoms with van der Waals surface area (Å²) in [6.45, 7) is 6.19. The first kappa shape index (κ1) is 13.5. The van der Waals surface area contributed by atoms with Crippen molar-refractivity contribution in [2.45, 2.75) is 31.6 Å². The van der Waals surface area contributed by atoms with Crippen LogP contribution in [-0.2, 0) is 10.0 Å². The number of hydrogen-bond donors (Lipinski definition) is 3. The molecule has 0 atom stereocenters. The highest BCUT2D eigenvalue weighted by Crippen LogP contribution is 2.27. The monoisotopic (exact) mass is 272 g/mol. The summed E-state index contributed by atoms with van der Waals surface area (Å²) in [5, 5.41) is 9.67. The molecular weight excluding hydrogens is 252 g/mol. The van der Waals surface area contributed by atoms with Crippen molar-refractivity contribution in [3.8, 4) is 0 Å². The maximum Gasteiger partial charge on any atom is 0.243 e. The van der Waals surface area contributed by atoms with Crippen molar-refractivity contribution in [1.82, 2.24) is 20.2 Å². The quantitative estimate of drug-likeness (QED) is 0.740. The Morgan fingerprint density at radius 1 is 1.44 bits per heavy atom. The van der Waals surface area contributed by atoms with Crippen LogP contribution in [0.4, 0.5) is 0 Å². The van der Waals surface area contributed by atoms with Gasteiger partial charge in [-0.15, -0.1) is 0 Å². The van der Waals surface area contributed by atoms with Gasteiger partial charge in [0.15, 0.2) is 0 Å². The predicted octanol–water partition coefficient (Wildman–Crippen LogP) is 0.386. The number of nitrogens with zero attached hydrogens (tertiary/aromatic N) is 1. The number of hydrogen-bond acceptors (Lipinski definition) is 4. The van der Waals surface area contributed by atoms with Crippen molar-refractivity contribution in [3.63, 3.8) is 0 Å². The summed E-state index contributed by atoms with van der Waals surface area (Å²) in [7, 11) is -3.45. The first-order valence-corrected chi connectivity index (χ1v) is 7.62. The fraction of sp³-hybridized carbons (Fsp3) is 0.727. The van der Waals surface area contributed by atoms with Gasteiger partial charge in [-0.2, -0.15) is 5.10 Å². The van der Waals surface area contributed by atoms with Gasteiger partial charge in [-0.1, -0.05) is 6.92 Å². The van der Waals surface area contributed by atoms with Gasteiger partial charge in [0.05, 0.1) is 11.9 Å². The van der Waals surface area contributed by atoms with Crippen LogP contribution in [0.5, 0.6) is 0 Å². The van der Waals surface area contributed by atoms with Gasteiger partial charge < -0.3 is 5.32 Å². The summed E-state index contributed by atoms with van der Waals surface area (Å²) < 4.78 is 26.9. The molecule has 1 fully saturated rings. The predicted molar refractivity (Wildman–Crippen MR) is 68.7 cm³/mol. The van der Waals surface area contributed by atoms with E-state index in [9.17, 15) is 8.42 Å². The van der Waals surface area contributed by atoms with Crippen molar-refractivity contribution in [2.75, 3.05) is 19.6 Å². The highest BCUT2D eigenvalue weighted by Gasteiger charge is 2.29. The lowest BCUT2D eigenvalue weighted by Gasteiger charge is -2.34. The summed E-state index contributed by atoms with van der Waals surface area (Å²) in [5.41, 5.74) is 0.605. The van der Waals surface area contributed by atoms with E-state index in [-0.39, 0.29) is 10.3 Å². The van der Waals surface area contributed by atoms with Gasteiger partial charge in [-0.05, 0) is 38.3 Å². The minimum Gasteiger partial charge on any atom is -0.317 e. The maximum atomic E-state index is 12.1. The Kier molecular flexibility index (Phi) is 3.74. The SMILES string of the molecule is Cc1[nH]ncc1S(=O)(=O)NCC1(C)CCNCC1. The summed E-state index contributed by atoms with van der Waals surface area (Å²) in [6.07, 6.45) is 3.32. The van der Waals surface area contributed by atoms with Gasteiger partial charge in [0.2, 0.25) is 10.0 Å². The zero-order valence-corrected chi connectivity index (χ0v) is 11.6. The Balaban J connectivity index is 2.03. The minimum atomic E-state index is -3.45. The van der Waals surface area contributed by atoms with Crippen molar-refractivity contribution in [1.29, 1.82) is 0 Å². The highest BCUT2D eigenvalue weighted by molar-refractivity contribution is 7.89. The number of aromatic nitrogens is 2. The van der Waals surface area contributed by atoms with Crippen LogP contribution in [-0.4, -0.2) is 38.2 Å². The van der Waals surface area contributed by atoms with Gasteiger partial charge in [-0.3, -0.25) is 5.10 Å². The number of H-pyrrole nitrogens is 1. The molecule has 1 saturated heterocycles. The smallest absolute Gasteiger partial charge is 0.243 e. The van der Waals surface area contributed by atoms with Crippen molar-refractivity contribution < 1.29 is 8.42 Å². The van der Waals surface area contributed by atoms with Crippen LogP contribution < -0.4 is 10.0 Å². The van der Waals surface area contributed by atoms with Crippen LogP contribution in [0.15, 0.2) is 11.1 Å². The van der Waals surface area contributed by atoms with E-state index in [4.69, 9.17) is 0 Å². The first-order chi connectivity index (χ1) is 8.43. The minimum absolute atomic E-state index is 0.0377. The van der Waals surface area contributed by atoms with Gasteiger partial charge in [0.25, 0.3) is 0 Å². The highest BCUT2D eigenvalue weighted by atomic mass is 32.2. The molecule has 18 heavy (non-hydrogen) atoms. The molecule has 102 valence electrons. The van der Waals surface area contributed by atoms with Crippen LogP contribution in [0.1, 0.15) is 25.5 Å². The zero-order valence-electron chi connectivity index (χ0n) is 10.8. The maximum absolute atomic E-state index is 12.1. The Labute approximate surface area is 108 Å². The van der Waals surface area contributed by atoms with E-state index in [0.29, 0.717) is 12.2 Å². The van der Waals surface area contributed by atoms with Crippen molar-refractivity contribution in [3.05, 3.63) is 11.9 Å². The van der Waals surface area contributed by atoms with E-state index in [0.717, 1.165) is 25.9 Å². The van der Waals surface area contributed by atoms with Crippen LogP contribution in [0.25, 0.3) is 0 Å². The number of nitrogens with one attached hydrogen (secondary N) is 3. The summed E-state index contributed by atoms with van der Waals surface area (Å²) in [5.74, 6) is 0. The fourth-order valence-corrected chi connectivity index (χ4v) is 3.50. The zero-order chi connectivity index (χ0) is 13.2. The van der Waals surface area contributed by atoms with E-state index in [1.165, 1.54) is 6.20 Å². The average Bonchev–Trinajstić information content (AvgIpc) is 2.75.